The molecule has 0 aromatic heterocycles. The summed E-state index contributed by atoms with van der Waals surface area (Å²) in [5.41, 5.74) is 0.732. The van der Waals surface area contributed by atoms with E-state index in [1.54, 1.807) is 12.1 Å². The first kappa shape index (κ1) is 15.2. The molecule has 0 spiro atoms. The van der Waals surface area contributed by atoms with Crippen LogP contribution < -0.4 is 5.32 Å². The summed E-state index contributed by atoms with van der Waals surface area (Å²) in [6.45, 7) is 2.66. The maximum absolute atomic E-state index is 13.1. The number of halogens is 4. The van der Waals surface area contributed by atoms with E-state index >= 15 is 0 Å². The van der Waals surface area contributed by atoms with Crippen molar-refractivity contribution in [3.8, 4) is 0 Å². The topological polar surface area (TPSA) is 12.0 Å². The van der Waals surface area contributed by atoms with Crippen LogP contribution in [0.4, 0.5) is 4.39 Å². The molecule has 5 heteroatoms. The van der Waals surface area contributed by atoms with Gasteiger partial charge in [0, 0.05) is 23.8 Å². The predicted octanol–water partition coefficient (Wildman–Crippen LogP) is 4.30. The van der Waals surface area contributed by atoms with Gasteiger partial charge in [0.1, 0.15) is 5.82 Å². The first-order chi connectivity index (χ1) is 8.06. The van der Waals surface area contributed by atoms with Gasteiger partial charge in [0.2, 0.25) is 0 Å². The van der Waals surface area contributed by atoms with E-state index in [-0.39, 0.29) is 11.4 Å². The zero-order chi connectivity index (χ0) is 12.9. The van der Waals surface area contributed by atoms with E-state index in [2.05, 4.69) is 21.2 Å². The highest BCUT2D eigenvalue weighted by Gasteiger charge is 2.25. The summed E-state index contributed by atoms with van der Waals surface area (Å²) in [7, 11) is 0. The maximum Gasteiger partial charge on any atom is 0.137 e. The minimum atomic E-state index is -0.260. The van der Waals surface area contributed by atoms with Crippen LogP contribution in [0, 0.1) is 5.82 Å². The lowest BCUT2D eigenvalue weighted by Gasteiger charge is -2.29. The Labute approximate surface area is 120 Å². The Hall–Kier alpha value is 0.170. The van der Waals surface area contributed by atoms with Gasteiger partial charge in [-0.3, -0.25) is 0 Å². The summed E-state index contributed by atoms with van der Waals surface area (Å²) in [6, 6.07) is 4.94. The Morgan fingerprint density at radius 1 is 1.35 bits per heavy atom. The summed E-state index contributed by atoms with van der Waals surface area (Å²) in [5, 5.41) is 3.34. The third-order valence-corrected chi connectivity index (χ3v) is 4.47. The van der Waals surface area contributed by atoms with Crippen molar-refractivity contribution in [2.45, 2.75) is 25.4 Å². The van der Waals surface area contributed by atoms with Gasteiger partial charge in [0.25, 0.3) is 0 Å². The molecule has 1 nitrogen and oxygen atoms in total. The SMILES string of the molecule is CCC(CCl)(CCl)NCc1ccc(F)c(Br)c1. The lowest BCUT2D eigenvalue weighted by atomic mass is 10.0. The summed E-state index contributed by atoms with van der Waals surface area (Å²) in [6.07, 6.45) is 0.850. The van der Waals surface area contributed by atoms with Crippen molar-refractivity contribution in [1.29, 1.82) is 0 Å². The second kappa shape index (κ2) is 6.93. The zero-order valence-electron chi connectivity index (χ0n) is 9.57. The Balaban J connectivity index is 2.68. The van der Waals surface area contributed by atoms with E-state index in [0.717, 1.165) is 12.0 Å². The molecule has 0 saturated heterocycles. The third-order valence-electron chi connectivity index (χ3n) is 2.84. The van der Waals surface area contributed by atoms with Crippen molar-refractivity contribution in [3.63, 3.8) is 0 Å². The van der Waals surface area contributed by atoms with Gasteiger partial charge >= 0.3 is 0 Å². The Morgan fingerprint density at radius 2 is 2.00 bits per heavy atom. The highest BCUT2D eigenvalue weighted by atomic mass is 79.9. The monoisotopic (exact) mass is 341 g/mol. The molecular formula is C12H15BrCl2FN. The molecule has 0 saturated carbocycles. The standard InChI is InChI=1S/C12H15BrCl2FN/c1-2-12(7-14,8-15)17-6-9-3-4-11(16)10(13)5-9/h3-5,17H,2,6-8H2,1H3. The number of nitrogens with one attached hydrogen (secondary N) is 1. The van der Waals surface area contributed by atoms with Gasteiger partial charge in [0.15, 0.2) is 0 Å². The van der Waals surface area contributed by atoms with Crippen molar-refractivity contribution in [1.82, 2.24) is 5.32 Å². The number of hydrogen-bond acceptors (Lipinski definition) is 1. The number of rotatable bonds is 6. The molecular weight excluding hydrogens is 328 g/mol. The van der Waals surface area contributed by atoms with Crippen LogP contribution >= 0.6 is 39.1 Å². The van der Waals surface area contributed by atoms with Crippen LogP contribution in [0.5, 0.6) is 0 Å². The van der Waals surface area contributed by atoms with E-state index in [1.807, 2.05) is 6.92 Å². The largest absolute Gasteiger partial charge is 0.305 e. The molecule has 1 N–H and O–H groups in total. The smallest absolute Gasteiger partial charge is 0.137 e. The minimum Gasteiger partial charge on any atom is -0.305 e. The molecule has 96 valence electrons. The number of benzene rings is 1. The molecule has 0 fully saturated rings. The van der Waals surface area contributed by atoms with E-state index in [1.165, 1.54) is 6.07 Å². The molecule has 0 radical (unpaired) electrons. The highest BCUT2D eigenvalue weighted by Crippen LogP contribution is 2.19. The van der Waals surface area contributed by atoms with Crippen LogP contribution in [0.3, 0.4) is 0 Å². The minimum absolute atomic E-state index is 0.259. The summed E-state index contributed by atoms with van der Waals surface area (Å²) >= 11 is 15.0. The van der Waals surface area contributed by atoms with E-state index in [0.29, 0.717) is 22.8 Å². The van der Waals surface area contributed by atoms with Crippen LogP contribution in [0.1, 0.15) is 18.9 Å². The lowest BCUT2D eigenvalue weighted by Crippen LogP contribution is -2.47. The summed E-state index contributed by atoms with van der Waals surface area (Å²) < 4.78 is 13.5. The van der Waals surface area contributed by atoms with Crippen LogP contribution in [0.15, 0.2) is 22.7 Å². The average Bonchev–Trinajstić information content (AvgIpc) is 2.36. The van der Waals surface area contributed by atoms with Gasteiger partial charge in [-0.15, -0.1) is 23.2 Å². The molecule has 0 amide bonds. The molecule has 0 aliphatic heterocycles. The first-order valence-electron chi connectivity index (χ1n) is 5.38. The van der Waals surface area contributed by atoms with Crippen LogP contribution in [0.2, 0.25) is 0 Å². The van der Waals surface area contributed by atoms with E-state index in [4.69, 9.17) is 23.2 Å². The van der Waals surface area contributed by atoms with Crippen LogP contribution in [-0.2, 0) is 6.54 Å². The summed E-state index contributed by atoms with van der Waals surface area (Å²) in [4.78, 5) is 0. The van der Waals surface area contributed by atoms with Gasteiger partial charge < -0.3 is 5.32 Å². The van der Waals surface area contributed by atoms with Gasteiger partial charge in [-0.05, 0) is 40.0 Å². The number of alkyl halides is 2. The molecule has 1 aromatic rings. The van der Waals surface area contributed by atoms with Crippen molar-refractivity contribution in [3.05, 3.63) is 34.1 Å². The van der Waals surface area contributed by atoms with Crippen molar-refractivity contribution < 1.29 is 4.39 Å². The second-order valence-electron chi connectivity index (χ2n) is 4.00. The van der Waals surface area contributed by atoms with Gasteiger partial charge in [-0.2, -0.15) is 0 Å². The van der Waals surface area contributed by atoms with Crippen LogP contribution in [0.25, 0.3) is 0 Å². The van der Waals surface area contributed by atoms with Crippen molar-refractivity contribution >= 4 is 39.1 Å². The predicted molar refractivity (Wildman–Crippen MR) is 75.4 cm³/mol. The fourth-order valence-corrected chi connectivity index (χ4v) is 2.66. The molecule has 0 bridgehead atoms. The van der Waals surface area contributed by atoms with Gasteiger partial charge in [-0.1, -0.05) is 13.0 Å². The third kappa shape index (κ3) is 4.09. The molecule has 0 atom stereocenters. The summed E-state index contributed by atoms with van der Waals surface area (Å²) in [5.74, 6) is 0.648. The van der Waals surface area contributed by atoms with E-state index in [9.17, 15) is 4.39 Å². The molecule has 0 unspecified atom stereocenters. The van der Waals surface area contributed by atoms with Gasteiger partial charge in [-0.25, -0.2) is 4.39 Å². The number of hydrogen-bond donors (Lipinski definition) is 1. The Kier molecular flexibility index (Phi) is 6.21. The highest BCUT2D eigenvalue weighted by molar-refractivity contribution is 9.10. The van der Waals surface area contributed by atoms with Crippen LogP contribution in [-0.4, -0.2) is 17.3 Å². The van der Waals surface area contributed by atoms with Crippen molar-refractivity contribution in [2.75, 3.05) is 11.8 Å². The van der Waals surface area contributed by atoms with Crippen molar-refractivity contribution in [2.24, 2.45) is 0 Å². The molecule has 17 heavy (non-hydrogen) atoms. The molecule has 1 aromatic carbocycles. The molecule has 0 heterocycles. The first-order valence-corrected chi connectivity index (χ1v) is 7.24. The Bertz CT molecular complexity index is 361. The molecule has 0 aliphatic carbocycles. The van der Waals surface area contributed by atoms with Gasteiger partial charge in [0.05, 0.1) is 4.47 Å². The zero-order valence-corrected chi connectivity index (χ0v) is 12.7. The lowest BCUT2D eigenvalue weighted by molar-refractivity contribution is 0.384. The normalized spacial score (nSPS) is 11.8. The molecule has 1 rings (SSSR count). The average molecular weight is 343 g/mol. The quantitative estimate of drug-likeness (QED) is 0.760. The Morgan fingerprint density at radius 3 is 2.47 bits per heavy atom. The second-order valence-corrected chi connectivity index (χ2v) is 5.39. The molecule has 0 aliphatic rings. The fourth-order valence-electron chi connectivity index (χ4n) is 1.38. The maximum atomic E-state index is 13.1. The van der Waals surface area contributed by atoms with E-state index < -0.39 is 0 Å². The fraction of sp³-hybridized carbons (Fsp3) is 0.500.